The number of carbonyl (C=O) groups is 1. The van der Waals surface area contributed by atoms with Gasteiger partial charge in [-0.15, -0.1) is 11.3 Å². The summed E-state index contributed by atoms with van der Waals surface area (Å²) in [5.41, 5.74) is 2.01. The maximum atomic E-state index is 13.1. The molecular formula is C28H39N3O2S. The van der Waals surface area contributed by atoms with Crippen molar-refractivity contribution in [3.8, 4) is 5.75 Å². The quantitative estimate of drug-likeness (QED) is 0.430. The Morgan fingerprint density at radius 3 is 2.62 bits per heavy atom. The highest BCUT2D eigenvalue weighted by Crippen LogP contribution is 2.35. The molecule has 1 amide bonds. The molecule has 5 nitrogen and oxygen atoms in total. The van der Waals surface area contributed by atoms with E-state index >= 15 is 0 Å². The largest absolute Gasteiger partial charge is 0.485 e. The number of thiophene rings is 1. The molecule has 1 aliphatic rings. The number of benzene rings is 1. The predicted octanol–water partition coefficient (Wildman–Crippen LogP) is 5.08. The van der Waals surface area contributed by atoms with Crippen LogP contribution in [0.1, 0.15) is 42.2 Å². The van der Waals surface area contributed by atoms with Gasteiger partial charge in [-0.3, -0.25) is 9.69 Å². The molecule has 3 rings (SSSR count). The standard InChI is InChI=1S/C28H39N3O2S/c1-6-22(2)28(30(4)5)16-19-31(20-17-28)27(32)14-13-23-10-7-8-11-24(23)33-25(15-18-29-3)26-12-9-21-34-26/h6-12,21,25,29H,1-2,13-20H2,3-5H3. The van der Waals surface area contributed by atoms with E-state index in [9.17, 15) is 4.79 Å². The number of carbonyl (C=O) groups excluding carboxylic acids is 1. The minimum Gasteiger partial charge on any atom is -0.485 e. The number of nitrogens with one attached hydrogen (secondary N) is 1. The molecule has 0 aliphatic carbocycles. The molecule has 184 valence electrons. The lowest BCUT2D eigenvalue weighted by atomic mass is 9.80. The maximum Gasteiger partial charge on any atom is 0.222 e. The molecule has 1 unspecified atom stereocenters. The monoisotopic (exact) mass is 481 g/mol. The molecule has 1 saturated heterocycles. The molecule has 0 radical (unpaired) electrons. The zero-order chi connectivity index (χ0) is 24.6. The zero-order valence-electron chi connectivity index (χ0n) is 20.9. The normalized spacial score (nSPS) is 16.3. The number of hydrogen-bond donors (Lipinski definition) is 1. The van der Waals surface area contributed by atoms with Crippen LogP contribution >= 0.6 is 11.3 Å². The van der Waals surface area contributed by atoms with Crippen molar-refractivity contribution in [2.75, 3.05) is 40.8 Å². The number of piperidine rings is 1. The van der Waals surface area contributed by atoms with Gasteiger partial charge in [0.1, 0.15) is 11.9 Å². The van der Waals surface area contributed by atoms with Gasteiger partial charge in [0.2, 0.25) is 5.91 Å². The molecule has 2 aromatic rings. The molecule has 1 aromatic heterocycles. The summed E-state index contributed by atoms with van der Waals surface area (Å²) in [6.07, 6.45) is 5.67. The van der Waals surface area contributed by atoms with Crippen molar-refractivity contribution in [2.45, 2.75) is 43.7 Å². The average Bonchev–Trinajstić information content (AvgIpc) is 3.40. The third kappa shape index (κ3) is 6.17. The summed E-state index contributed by atoms with van der Waals surface area (Å²) in [6.45, 7) is 10.5. The summed E-state index contributed by atoms with van der Waals surface area (Å²) in [7, 11) is 6.13. The second kappa shape index (κ2) is 12.3. The first-order valence-electron chi connectivity index (χ1n) is 12.1. The predicted molar refractivity (Wildman–Crippen MR) is 143 cm³/mol. The van der Waals surface area contributed by atoms with Crippen molar-refractivity contribution >= 4 is 17.2 Å². The Morgan fingerprint density at radius 1 is 1.26 bits per heavy atom. The summed E-state index contributed by atoms with van der Waals surface area (Å²) in [5.74, 6) is 1.08. The highest BCUT2D eigenvalue weighted by molar-refractivity contribution is 7.10. The van der Waals surface area contributed by atoms with Crippen LogP contribution in [-0.2, 0) is 11.2 Å². The number of aryl methyl sites for hydroxylation is 1. The van der Waals surface area contributed by atoms with Crippen LogP contribution in [0, 0.1) is 0 Å². The third-order valence-electron chi connectivity index (χ3n) is 7.01. The molecule has 6 heteroatoms. The Labute approximate surface area is 209 Å². The van der Waals surface area contributed by atoms with Crippen LogP contribution < -0.4 is 10.1 Å². The Kier molecular flexibility index (Phi) is 9.51. The van der Waals surface area contributed by atoms with Crippen LogP contribution in [0.3, 0.4) is 0 Å². The first-order chi connectivity index (χ1) is 16.4. The van der Waals surface area contributed by atoms with E-state index in [1.165, 1.54) is 4.88 Å². The van der Waals surface area contributed by atoms with Crippen molar-refractivity contribution in [3.05, 3.63) is 77.0 Å². The Morgan fingerprint density at radius 2 is 2.00 bits per heavy atom. The first kappa shape index (κ1) is 26.2. The molecule has 1 atom stereocenters. The van der Waals surface area contributed by atoms with Gasteiger partial charge in [0.05, 0.1) is 0 Å². The van der Waals surface area contributed by atoms with Gasteiger partial charge in [-0.25, -0.2) is 0 Å². The van der Waals surface area contributed by atoms with Gasteiger partial charge in [0.15, 0.2) is 0 Å². The molecule has 34 heavy (non-hydrogen) atoms. The lowest BCUT2D eigenvalue weighted by Gasteiger charge is -2.47. The molecule has 2 heterocycles. The van der Waals surface area contributed by atoms with E-state index in [0.29, 0.717) is 12.8 Å². The lowest BCUT2D eigenvalue weighted by molar-refractivity contribution is -0.133. The Bertz CT molecular complexity index is 946. The highest BCUT2D eigenvalue weighted by Gasteiger charge is 2.38. The zero-order valence-corrected chi connectivity index (χ0v) is 21.7. The fourth-order valence-corrected chi connectivity index (χ4v) is 5.55. The summed E-state index contributed by atoms with van der Waals surface area (Å²) in [6, 6.07) is 12.3. The van der Waals surface area contributed by atoms with E-state index in [2.05, 4.69) is 61.0 Å². The summed E-state index contributed by atoms with van der Waals surface area (Å²) in [4.78, 5) is 18.5. The third-order valence-corrected chi connectivity index (χ3v) is 7.97. The first-order valence-corrected chi connectivity index (χ1v) is 13.0. The minimum atomic E-state index is -0.108. The van der Waals surface area contributed by atoms with Crippen LogP contribution in [0.2, 0.25) is 0 Å². The van der Waals surface area contributed by atoms with E-state index in [1.807, 2.05) is 36.2 Å². The van der Waals surface area contributed by atoms with Gasteiger partial charge in [-0.05, 0) is 75.6 Å². The number of nitrogens with zero attached hydrogens (tertiary/aromatic N) is 2. The fourth-order valence-electron chi connectivity index (χ4n) is 4.76. The number of likely N-dealkylation sites (tertiary alicyclic amines) is 1. The van der Waals surface area contributed by atoms with E-state index in [4.69, 9.17) is 4.74 Å². The molecule has 1 N–H and O–H groups in total. The molecule has 0 spiro atoms. The molecule has 0 bridgehead atoms. The maximum absolute atomic E-state index is 13.1. The van der Waals surface area contributed by atoms with E-state index < -0.39 is 0 Å². The molecule has 1 fully saturated rings. The van der Waals surface area contributed by atoms with Crippen LogP contribution in [0.15, 0.2) is 66.6 Å². The van der Waals surface area contributed by atoms with Gasteiger partial charge in [-0.2, -0.15) is 0 Å². The second-order valence-corrected chi connectivity index (χ2v) is 10.1. The van der Waals surface area contributed by atoms with Crippen molar-refractivity contribution in [3.63, 3.8) is 0 Å². The summed E-state index contributed by atoms with van der Waals surface area (Å²) >= 11 is 1.72. The van der Waals surface area contributed by atoms with Crippen molar-refractivity contribution in [1.29, 1.82) is 0 Å². The smallest absolute Gasteiger partial charge is 0.222 e. The SMILES string of the molecule is C=CC(=C)C1(N(C)C)CCN(C(=O)CCc2ccccc2OC(CCNC)c2cccs2)CC1. The fraction of sp³-hybridized carbons (Fsp3) is 0.464. The van der Waals surface area contributed by atoms with Crippen molar-refractivity contribution in [1.82, 2.24) is 15.1 Å². The number of ether oxygens (including phenoxy) is 1. The van der Waals surface area contributed by atoms with E-state index in [-0.39, 0.29) is 17.6 Å². The molecule has 1 aliphatic heterocycles. The number of likely N-dealkylation sites (N-methyl/N-ethyl adjacent to an activating group) is 1. The van der Waals surface area contributed by atoms with Gasteiger partial charge in [0.25, 0.3) is 0 Å². The van der Waals surface area contributed by atoms with Crippen molar-refractivity contribution < 1.29 is 9.53 Å². The van der Waals surface area contributed by atoms with Crippen LogP contribution in [0.5, 0.6) is 5.75 Å². The van der Waals surface area contributed by atoms with Crippen LogP contribution in [0.4, 0.5) is 0 Å². The molecule has 0 saturated carbocycles. The second-order valence-electron chi connectivity index (χ2n) is 9.16. The Balaban J connectivity index is 1.61. The Hall–Kier alpha value is -2.41. The van der Waals surface area contributed by atoms with E-state index in [1.54, 1.807) is 11.3 Å². The summed E-state index contributed by atoms with van der Waals surface area (Å²) in [5, 5.41) is 5.31. The lowest BCUT2D eigenvalue weighted by Crippen LogP contribution is -2.54. The number of rotatable bonds is 12. The van der Waals surface area contributed by atoms with Gasteiger partial charge >= 0.3 is 0 Å². The van der Waals surface area contributed by atoms with Crippen LogP contribution in [0.25, 0.3) is 0 Å². The van der Waals surface area contributed by atoms with E-state index in [0.717, 1.165) is 55.8 Å². The number of amides is 1. The van der Waals surface area contributed by atoms with Gasteiger partial charge in [-0.1, -0.05) is 43.5 Å². The average molecular weight is 482 g/mol. The number of para-hydroxylation sites is 1. The van der Waals surface area contributed by atoms with Gasteiger partial charge in [0, 0.05) is 36.3 Å². The minimum absolute atomic E-state index is 0.00325. The topological polar surface area (TPSA) is 44.8 Å². The van der Waals surface area contributed by atoms with Crippen molar-refractivity contribution in [2.24, 2.45) is 0 Å². The molecule has 1 aromatic carbocycles. The van der Waals surface area contributed by atoms with Crippen LogP contribution in [-0.4, -0.2) is 62.0 Å². The summed E-state index contributed by atoms with van der Waals surface area (Å²) < 4.78 is 6.48. The molecular weight excluding hydrogens is 442 g/mol. The highest BCUT2D eigenvalue weighted by atomic mass is 32.1. The van der Waals surface area contributed by atoms with Gasteiger partial charge < -0.3 is 15.0 Å². The number of hydrogen-bond acceptors (Lipinski definition) is 5.